The average molecular weight is 324 g/mol. The molecule has 0 saturated heterocycles. The predicted molar refractivity (Wildman–Crippen MR) is 86.8 cm³/mol. The van der Waals surface area contributed by atoms with E-state index in [1.165, 1.54) is 0 Å². The Balaban J connectivity index is 2.79. The van der Waals surface area contributed by atoms with Gasteiger partial charge in [-0.2, -0.15) is 0 Å². The van der Waals surface area contributed by atoms with Crippen LogP contribution in [0.2, 0.25) is 0 Å². The van der Waals surface area contributed by atoms with Crippen molar-refractivity contribution in [3.8, 4) is 0 Å². The van der Waals surface area contributed by atoms with Crippen molar-refractivity contribution in [1.82, 2.24) is 0 Å². The third-order valence-electron chi connectivity index (χ3n) is 2.72. The van der Waals surface area contributed by atoms with Crippen LogP contribution in [0.4, 0.5) is 11.4 Å². The summed E-state index contributed by atoms with van der Waals surface area (Å²) in [6.07, 6.45) is 0.176. The Kier molecular flexibility index (Phi) is 6.84. The molecule has 0 heterocycles. The average Bonchev–Trinajstić information content (AvgIpc) is 2.45. The first kappa shape index (κ1) is 18.8. The smallest absolute Gasteiger partial charge is 0.338 e. The van der Waals surface area contributed by atoms with E-state index in [0.717, 1.165) is 0 Å². The van der Waals surface area contributed by atoms with Gasteiger partial charge in [0.25, 0.3) is 0 Å². The third kappa shape index (κ3) is 6.56. The van der Waals surface area contributed by atoms with E-state index < -0.39 is 11.6 Å². The van der Waals surface area contributed by atoms with Crippen LogP contribution in [0.1, 0.15) is 44.5 Å². The lowest BCUT2D eigenvalue weighted by molar-refractivity contribution is -0.142. The van der Waals surface area contributed by atoms with E-state index in [9.17, 15) is 9.59 Å². The predicted octanol–water partition coefficient (Wildman–Crippen LogP) is 2.81. The molecule has 128 valence electrons. The van der Waals surface area contributed by atoms with Gasteiger partial charge in [0, 0.05) is 6.54 Å². The number of anilines is 2. The van der Waals surface area contributed by atoms with Gasteiger partial charge in [0.05, 0.1) is 30.0 Å². The molecule has 0 aromatic heterocycles. The SMILES string of the molecule is CCOC(=O)CCNc1cc(C(=O)OC(C)(C)C)ccc1NO. The molecular weight excluding hydrogens is 300 g/mol. The molecule has 0 saturated carbocycles. The van der Waals surface area contributed by atoms with Crippen molar-refractivity contribution < 1.29 is 24.3 Å². The van der Waals surface area contributed by atoms with E-state index in [1.807, 2.05) is 5.48 Å². The molecule has 0 unspecified atom stereocenters. The van der Waals surface area contributed by atoms with Crippen LogP contribution in [-0.2, 0) is 14.3 Å². The van der Waals surface area contributed by atoms with Crippen molar-refractivity contribution in [1.29, 1.82) is 0 Å². The molecule has 0 fully saturated rings. The number of hydrogen-bond acceptors (Lipinski definition) is 7. The van der Waals surface area contributed by atoms with Crippen molar-refractivity contribution in [3.05, 3.63) is 23.8 Å². The fourth-order valence-electron chi connectivity index (χ4n) is 1.78. The molecule has 0 amide bonds. The van der Waals surface area contributed by atoms with Crippen LogP contribution in [0.25, 0.3) is 0 Å². The highest BCUT2D eigenvalue weighted by Gasteiger charge is 2.18. The highest BCUT2D eigenvalue weighted by atomic mass is 16.6. The maximum absolute atomic E-state index is 12.1. The Morgan fingerprint density at radius 3 is 2.48 bits per heavy atom. The second kappa shape index (κ2) is 8.38. The number of carbonyl (C=O) groups excluding carboxylic acids is 2. The summed E-state index contributed by atoms with van der Waals surface area (Å²) in [5, 5.41) is 12.1. The molecule has 0 aliphatic heterocycles. The number of benzene rings is 1. The second-order valence-corrected chi connectivity index (χ2v) is 5.86. The van der Waals surface area contributed by atoms with Crippen LogP contribution in [0, 0.1) is 0 Å². The summed E-state index contributed by atoms with van der Waals surface area (Å²) in [5.41, 5.74) is 2.67. The highest BCUT2D eigenvalue weighted by molar-refractivity contribution is 5.92. The van der Waals surface area contributed by atoms with Crippen LogP contribution in [0.3, 0.4) is 0 Å². The van der Waals surface area contributed by atoms with Gasteiger partial charge in [0.1, 0.15) is 5.60 Å². The normalized spacial score (nSPS) is 10.8. The van der Waals surface area contributed by atoms with Crippen molar-refractivity contribution in [3.63, 3.8) is 0 Å². The third-order valence-corrected chi connectivity index (χ3v) is 2.72. The molecule has 1 aromatic carbocycles. The van der Waals surface area contributed by atoms with Crippen LogP contribution >= 0.6 is 0 Å². The molecular formula is C16H24N2O5. The number of nitrogens with one attached hydrogen (secondary N) is 2. The Morgan fingerprint density at radius 2 is 1.91 bits per heavy atom. The number of rotatable bonds is 7. The van der Waals surface area contributed by atoms with E-state index in [4.69, 9.17) is 14.7 Å². The van der Waals surface area contributed by atoms with Gasteiger partial charge >= 0.3 is 11.9 Å². The minimum atomic E-state index is -0.595. The molecule has 0 aliphatic carbocycles. The number of carbonyl (C=O) groups is 2. The zero-order valence-corrected chi connectivity index (χ0v) is 13.9. The minimum absolute atomic E-state index is 0.176. The summed E-state index contributed by atoms with van der Waals surface area (Å²) >= 11 is 0. The van der Waals surface area contributed by atoms with E-state index >= 15 is 0 Å². The molecule has 0 bridgehead atoms. The lowest BCUT2D eigenvalue weighted by Gasteiger charge is -2.20. The van der Waals surface area contributed by atoms with Crippen molar-refractivity contribution in [2.75, 3.05) is 23.9 Å². The van der Waals surface area contributed by atoms with E-state index in [1.54, 1.807) is 45.9 Å². The van der Waals surface area contributed by atoms with Crippen molar-refractivity contribution in [2.24, 2.45) is 0 Å². The Morgan fingerprint density at radius 1 is 1.22 bits per heavy atom. The monoisotopic (exact) mass is 324 g/mol. The molecule has 0 spiro atoms. The molecule has 7 nitrogen and oxygen atoms in total. The molecule has 0 atom stereocenters. The second-order valence-electron chi connectivity index (χ2n) is 5.86. The quantitative estimate of drug-likeness (QED) is 0.524. The summed E-state index contributed by atoms with van der Waals surface area (Å²) in [6, 6.07) is 4.65. The Labute approximate surface area is 135 Å². The van der Waals surface area contributed by atoms with Gasteiger partial charge in [-0.05, 0) is 45.9 Å². The van der Waals surface area contributed by atoms with Crippen LogP contribution < -0.4 is 10.8 Å². The van der Waals surface area contributed by atoms with Gasteiger partial charge in [-0.15, -0.1) is 0 Å². The minimum Gasteiger partial charge on any atom is -0.466 e. The van der Waals surface area contributed by atoms with Crippen LogP contribution in [0.15, 0.2) is 18.2 Å². The van der Waals surface area contributed by atoms with Crippen LogP contribution in [-0.4, -0.2) is 35.9 Å². The maximum Gasteiger partial charge on any atom is 0.338 e. The fourth-order valence-corrected chi connectivity index (χ4v) is 1.78. The molecule has 0 radical (unpaired) electrons. The number of ether oxygens (including phenoxy) is 2. The van der Waals surface area contributed by atoms with Gasteiger partial charge in [-0.1, -0.05) is 0 Å². The van der Waals surface area contributed by atoms with Crippen molar-refractivity contribution in [2.45, 2.75) is 39.7 Å². The Hall–Kier alpha value is -2.28. The number of hydrogen-bond donors (Lipinski definition) is 3. The van der Waals surface area contributed by atoms with Gasteiger partial charge in [-0.3, -0.25) is 15.5 Å². The molecule has 0 aliphatic rings. The maximum atomic E-state index is 12.1. The Bertz CT molecular complexity index is 552. The largest absolute Gasteiger partial charge is 0.466 e. The summed E-state index contributed by atoms with van der Waals surface area (Å²) in [6.45, 7) is 7.73. The zero-order chi connectivity index (χ0) is 17.5. The van der Waals surface area contributed by atoms with Gasteiger partial charge in [0.2, 0.25) is 0 Å². The van der Waals surface area contributed by atoms with E-state index in [0.29, 0.717) is 30.1 Å². The van der Waals surface area contributed by atoms with Gasteiger partial charge in [-0.25, -0.2) is 4.79 Å². The zero-order valence-electron chi connectivity index (χ0n) is 13.9. The van der Waals surface area contributed by atoms with Crippen molar-refractivity contribution >= 4 is 23.3 Å². The lowest BCUT2D eigenvalue weighted by Crippen LogP contribution is -2.24. The first-order valence-electron chi connectivity index (χ1n) is 7.44. The molecule has 3 N–H and O–H groups in total. The fraction of sp³-hybridized carbons (Fsp3) is 0.500. The summed E-state index contributed by atoms with van der Waals surface area (Å²) in [5.74, 6) is -0.780. The lowest BCUT2D eigenvalue weighted by atomic mass is 10.1. The molecule has 1 rings (SSSR count). The van der Waals surface area contributed by atoms with Crippen LogP contribution in [0.5, 0.6) is 0 Å². The molecule has 7 heteroatoms. The standard InChI is InChI=1S/C16H24N2O5/c1-5-22-14(19)8-9-17-13-10-11(6-7-12(13)18-21)15(20)23-16(2,3)4/h6-7,10,17-18,21H,5,8-9H2,1-4H3. The number of esters is 2. The summed E-state index contributed by atoms with van der Waals surface area (Å²) < 4.78 is 10.1. The molecule has 1 aromatic rings. The molecule has 23 heavy (non-hydrogen) atoms. The topological polar surface area (TPSA) is 96.9 Å². The van der Waals surface area contributed by atoms with E-state index in [-0.39, 0.29) is 12.4 Å². The van der Waals surface area contributed by atoms with Gasteiger partial charge < -0.3 is 14.8 Å². The first-order chi connectivity index (χ1) is 10.8. The highest BCUT2D eigenvalue weighted by Crippen LogP contribution is 2.24. The summed E-state index contributed by atoms with van der Waals surface area (Å²) in [7, 11) is 0. The van der Waals surface area contributed by atoms with E-state index in [2.05, 4.69) is 5.32 Å². The first-order valence-corrected chi connectivity index (χ1v) is 7.44. The van der Waals surface area contributed by atoms with Gasteiger partial charge in [0.15, 0.2) is 0 Å². The summed E-state index contributed by atoms with van der Waals surface area (Å²) in [4.78, 5) is 23.4.